The average molecular weight is 312 g/mol. The second-order valence-electron chi connectivity index (χ2n) is 4.42. The molecule has 1 aliphatic heterocycles. The van der Waals surface area contributed by atoms with E-state index in [-0.39, 0.29) is 18.4 Å². The quantitative estimate of drug-likeness (QED) is 0.933. The summed E-state index contributed by atoms with van der Waals surface area (Å²) in [5.74, 6) is -0.960. The van der Waals surface area contributed by atoms with Crippen molar-refractivity contribution in [2.24, 2.45) is 0 Å². The normalized spacial score (nSPS) is 18.7. The molecule has 2 rings (SSSR count). The number of aliphatic carboxylic acids is 1. The number of rotatable bonds is 3. The highest BCUT2D eigenvalue weighted by molar-refractivity contribution is 9.10. The number of carboxylic acids is 1. The summed E-state index contributed by atoms with van der Waals surface area (Å²) in [4.78, 5) is 24.4. The first-order chi connectivity index (χ1) is 8.52. The third-order valence-electron chi connectivity index (χ3n) is 3.23. The molecule has 1 aromatic carbocycles. The molecule has 1 aliphatic rings. The van der Waals surface area contributed by atoms with Crippen LogP contribution in [0, 0.1) is 0 Å². The number of amides is 1. The summed E-state index contributed by atoms with van der Waals surface area (Å²) in [6, 6.07) is 5.53. The number of carbonyl (C=O) groups is 2. The van der Waals surface area contributed by atoms with Crippen molar-refractivity contribution in [1.29, 1.82) is 0 Å². The zero-order valence-corrected chi connectivity index (χ0v) is 11.6. The molecule has 0 aliphatic carbocycles. The van der Waals surface area contributed by atoms with E-state index in [9.17, 15) is 9.59 Å². The van der Waals surface area contributed by atoms with Gasteiger partial charge in [0.15, 0.2) is 0 Å². The molecule has 96 valence electrons. The van der Waals surface area contributed by atoms with Crippen molar-refractivity contribution in [2.45, 2.75) is 19.3 Å². The Morgan fingerprint density at radius 3 is 2.89 bits per heavy atom. The van der Waals surface area contributed by atoms with E-state index in [4.69, 9.17) is 5.11 Å². The monoisotopic (exact) mass is 311 g/mol. The van der Waals surface area contributed by atoms with Crippen LogP contribution in [-0.4, -0.2) is 35.0 Å². The van der Waals surface area contributed by atoms with Gasteiger partial charge >= 0.3 is 5.97 Å². The third-order valence-corrected chi connectivity index (χ3v) is 3.72. The van der Waals surface area contributed by atoms with Crippen LogP contribution in [0.15, 0.2) is 22.7 Å². The Kier molecular flexibility index (Phi) is 3.71. The van der Waals surface area contributed by atoms with Crippen molar-refractivity contribution in [3.8, 4) is 0 Å². The molecule has 18 heavy (non-hydrogen) atoms. The lowest BCUT2D eigenvalue weighted by Crippen LogP contribution is -2.42. The predicted molar refractivity (Wildman–Crippen MR) is 70.7 cm³/mol. The Hall–Kier alpha value is -1.36. The summed E-state index contributed by atoms with van der Waals surface area (Å²) in [7, 11) is 0. The maximum atomic E-state index is 12.2. The summed E-state index contributed by atoms with van der Waals surface area (Å²) in [6.07, 6.45) is 0.882. The van der Waals surface area contributed by atoms with Crippen LogP contribution >= 0.6 is 15.9 Å². The Bertz CT molecular complexity index is 501. The van der Waals surface area contributed by atoms with Gasteiger partial charge in [0.2, 0.25) is 0 Å². The van der Waals surface area contributed by atoms with Crippen LogP contribution in [0.25, 0.3) is 0 Å². The van der Waals surface area contributed by atoms with Gasteiger partial charge in [0.05, 0.1) is 0 Å². The minimum Gasteiger partial charge on any atom is -0.480 e. The third kappa shape index (κ3) is 2.41. The minimum absolute atomic E-state index is 0.190. The highest BCUT2D eigenvalue weighted by Crippen LogP contribution is 2.32. The first kappa shape index (κ1) is 13.1. The molecular formula is C13H14BrNO3. The van der Waals surface area contributed by atoms with Crippen LogP contribution < -0.4 is 0 Å². The fourth-order valence-corrected chi connectivity index (χ4v) is 2.71. The SMILES string of the molecule is CCC1CN(CC(=O)O)C(=O)c2ccc(Br)cc21. The lowest BCUT2D eigenvalue weighted by molar-refractivity contribution is -0.137. The van der Waals surface area contributed by atoms with Crippen LogP contribution in [0.3, 0.4) is 0 Å². The Morgan fingerprint density at radius 2 is 2.28 bits per heavy atom. The molecule has 1 N–H and O–H groups in total. The number of benzene rings is 1. The number of hydrogen-bond donors (Lipinski definition) is 1. The van der Waals surface area contributed by atoms with E-state index in [0.717, 1.165) is 16.5 Å². The number of hydrogen-bond acceptors (Lipinski definition) is 2. The average Bonchev–Trinajstić information content (AvgIpc) is 2.32. The van der Waals surface area contributed by atoms with E-state index >= 15 is 0 Å². The van der Waals surface area contributed by atoms with Gasteiger partial charge in [-0.25, -0.2) is 0 Å². The Balaban J connectivity index is 2.40. The van der Waals surface area contributed by atoms with Gasteiger partial charge in [-0.3, -0.25) is 9.59 Å². The number of carbonyl (C=O) groups excluding carboxylic acids is 1. The van der Waals surface area contributed by atoms with Gasteiger partial charge in [-0.15, -0.1) is 0 Å². The van der Waals surface area contributed by atoms with Gasteiger partial charge in [0, 0.05) is 22.5 Å². The number of nitrogens with zero attached hydrogens (tertiary/aromatic N) is 1. The molecule has 0 radical (unpaired) electrons. The lowest BCUT2D eigenvalue weighted by atomic mass is 9.87. The van der Waals surface area contributed by atoms with Gasteiger partial charge in [-0.2, -0.15) is 0 Å². The van der Waals surface area contributed by atoms with Gasteiger partial charge in [-0.1, -0.05) is 22.9 Å². The number of carboxylic acid groups (broad SMARTS) is 1. The van der Waals surface area contributed by atoms with Crippen molar-refractivity contribution in [3.05, 3.63) is 33.8 Å². The molecule has 0 saturated heterocycles. The van der Waals surface area contributed by atoms with Crippen molar-refractivity contribution >= 4 is 27.8 Å². The van der Waals surface area contributed by atoms with E-state index in [2.05, 4.69) is 15.9 Å². The zero-order valence-electron chi connectivity index (χ0n) is 10.0. The largest absolute Gasteiger partial charge is 0.480 e. The molecule has 0 saturated carbocycles. The predicted octanol–water partition coefficient (Wildman–Crippen LogP) is 2.48. The standard InChI is InChI=1S/C13H14BrNO3/c1-2-8-6-15(7-12(16)17)13(18)10-4-3-9(14)5-11(8)10/h3-5,8H,2,6-7H2,1H3,(H,16,17). The Labute approximate surface area is 114 Å². The van der Waals surface area contributed by atoms with Gasteiger partial charge in [0.1, 0.15) is 6.54 Å². The van der Waals surface area contributed by atoms with Crippen molar-refractivity contribution in [3.63, 3.8) is 0 Å². The maximum absolute atomic E-state index is 12.2. The first-order valence-electron chi connectivity index (χ1n) is 5.83. The second-order valence-corrected chi connectivity index (χ2v) is 5.33. The fraction of sp³-hybridized carbons (Fsp3) is 0.385. The van der Waals surface area contributed by atoms with Crippen LogP contribution in [0.4, 0.5) is 0 Å². The molecule has 0 bridgehead atoms. The number of fused-ring (bicyclic) bond motifs is 1. The molecular weight excluding hydrogens is 298 g/mol. The highest BCUT2D eigenvalue weighted by atomic mass is 79.9. The molecule has 1 heterocycles. The summed E-state index contributed by atoms with van der Waals surface area (Å²) in [6.45, 7) is 2.29. The molecule has 0 fully saturated rings. The summed E-state index contributed by atoms with van der Waals surface area (Å²) < 4.78 is 0.944. The molecule has 4 nitrogen and oxygen atoms in total. The van der Waals surface area contributed by atoms with Gasteiger partial charge in [0.25, 0.3) is 5.91 Å². The van der Waals surface area contributed by atoms with E-state index in [1.165, 1.54) is 4.90 Å². The Morgan fingerprint density at radius 1 is 1.56 bits per heavy atom. The summed E-state index contributed by atoms with van der Waals surface area (Å²) in [5.41, 5.74) is 1.64. The second kappa shape index (κ2) is 5.10. The summed E-state index contributed by atoms with van der Waals surface area (Å²) in [5, 5.41) is 8.83. The highest BCUT2D eigenvalue weighted by Gasteiger charge is 2.31. The van der Waals surface area contributed by atoms with Crippen LogP contribution in [0.5, 0.6) is 0 Å². The summed E-state index contributed by atoms with van der Waals surface area (Å²) >= 11 is 3.40. The van der Waals surface area contributed by atoms with Gasteiger partial charge in [-0.05, 0) is 30.2 Å². The van der Waals surface area contributed by atoms with E-state index in [1.807, 2.05) is 19.1 Å². The topological polar surface area (TPSA) is 57.6 Å². The van der Waals surface area contributed by atoms with Gasteiger partial charge < -0.3 is 10.0 Å². The smallest absolute Gasteiger partial charge is 0.323 e. The first-order valence-corrected chi connectivity index (χ1v) is 6.62. The van der Waals surface area contributed by atoms with Crippen LogP contribution in [0.2, 0.25) is 0 Å². The fourth-order valence-electron chi connectivity index (χ4n) is 2.33. The molecule has 5 heteroatoms. The van der Waals surface area contributed by atoms with E-state index < -0.39 is 5.97 Å². The molecule has 0 spiro atoms. The molecule has 1 amide bonds. The van der Waals surface area contributed by atoms with Crippen molar-refractivity contribution in [2.75, 3.05) is 13.1 Å². The molecule has 1 atom stereocenters. The minimum atomic E-state index is -0.973. The van der Waals surface area contributed by atoms with Crippen molar-refractivity contribution < 1.29 is 14.7 Å². The molecule has 1 aromatic rings. The van der Waals surface area contributed by atoms with E-state index in [1.54, 1.807) is 6.07 Å². The molecule has 1 unspecified atom stereocenters. The zero-order chi connectivity index (χ0) is 13.3. The van der Waals surface area contributed by atoms with Crippen LogP contribution in [-0.2, 0) is 4.79 Å². The van der Waals surface area contributed by atoms with Crippen LogP contribution in [0.1, 0.15) is 35.2 Å². The number of halogens is 1. The van der Waals surface area contributed by atoms with Crippen molar-refractivity contribution in [1.82, 2.24) is 4.90 Å². The molecule has 0 aromatic heterocycles. The lowest BCUT2D eigenvalue weighted by Gasteiger charge is -2.33. The maximum Gasteiger partial charge on any atom is 0.323 e. The van der Waals surface area contributed by atoms with E-state index in [0.29, 0.717) is 12.1 Å².